The lowest BCUT2D eigenvalue weighted by atomic mass is 10.3. The second-order valence-corrected chi connectivity index (χ2v) is 3.44. The minimum absolute atomic E-state index is 0.104. The Morgan fingerprint density at radius 2 is 2.31 bits per heavy atom. The third kappa shape index (κ3) is 2.57. The number of aliphatic hydroxyl groups is 1. The van der Waals surface area contributed by atoms with Gasteiger partial charge in [-0.3, -0.25) is 0 Å². The number of carboxylic acid groups (broad SMARTS) is 1. The van der Waals surface area contributed by atoms with E-state index in [2.05, 4.69) is 15.9 Å². The fourth-order valence-corrected chi connectivity index (χ4v) is 1.53. The molecule has 0 unspecified atom stereocenters. The van der Waals surface area contributed by atoms with Gasteiger partial charge in [0.1, 0.15) is 0 Å². The van der Waals surface area contributed by atoms with E-state index in [-0.39, 0.29) is 12.2 Å². The molecule has 1 rings (SSSR count). The lowest BCUT2D eigenvalue weighted by Gasteiger charge is -2.01. The Balaban J connectivity index is 2.77. The number of aryl methyl sites for hydroxylation is 1. The van der Waals surface area contributed by atoms with Crippen molar-refractivity contribution in [3.8, 4) is 0 Å². The van der Waals surface area contributed by atoms with Crippen LogP contribution in [0, 0.1) is 0 Å². The zero-order valence-electron chi connectivity index (χ0n) is 6.90. The van der Waals surface area contributed by atoms with E-state index < -0.39 is 5.97 Å². The molecule has 4 nitrogen and oxygen atoms in total. The molecule has 0 aliphatic carbocycles. The molecular formula is C8H10BrNO3. The highest BCUT2D eigenvalue weighted by atomic mass is 79.9. The molecule has 0 spiro atoms. The van der Waals surface area contributed by atoms with E-state index >= 15 is 0 Å². The molecule has 0 saturated heterocycles. The van der Waals surface area contributed by atoms with Crippen molar-refractivity contribution >= 4 is 21.9 Å². The van der Waals surface area contributed by atoms with Crippen molar-refractivity contribution in [3.63, 3.8) is 0 Å². The fourth-order valence-electron chi connectivity index (χ4n) is 1.01. The molecule has 1 aromatic rings. The van der Waals surface area contributed by atoms with Gasteiger partial charge in [-0.1, -0.05) is 0 Å². The average Bonchev–Trinajstić information content (AvgIpc) is 2.44. The minimum Gasteiger partial charge on any atom is -0.478 e. The summed E-state index contributed by atoms with van der Waals surface area (Å²) in [5, 5.41) is 17.3. The Bertz CT molecular complexity index is 308. The van der Waals surface area contributed by atoms with Crippen molar-refractivity contribution in [2.24, 2.45) is 0 Å². The van der Waals surface area contributed by atoms with Crippen LogP contribution >= 0.6 is 15.9 Å². The van der Waals surface area contributed by atoms with Gasteiger partial charge in [-0.15, -0.1) is 0 Å². The number of carbonyl (C=O) groups is 1. The largest absolute Gasteiger partial charge is 0.478 e. The van der Waals surface area contributed by atoms with Gasteiger partial charge in [-0.2, -0.15) is 0 Å². The summed E-state index contributed by atoms with van der Waals surface area (Å²) >= 11 is 3.23. The van der Waals surface area contributed by atoms with Crippen LogP contribution in [-0.2, 0) is 6.54 Å². The molecule has 0 aliphatic heterocycles. The van der Waals surface area contributed by atoms with Crippen molar-refractivity contribution in [3.05, 3.63) is 22.4 Å². The maximum absolute atomic E-state index is 10.6. The highest BCUT2D eigenvalue weighted by Gasteiger charge is 2.08. The van der Waals surface area contributed by atoms with Crippen LogP contribution in [0.4, 0.5) is 0 Å². The van der Waals surface area contributed by atoms with Crippen molar-refractivity contribution in [1.29, 1.82) is 0 Å². The average molecular weight is 248 g/mol. The molecule has 1 heterocycles. The van der Waals surface area contributed by atoms with E-state index in [1.807, 2.05) is 0 Å². The van der Waals surface area contributed by atoms with Gasteiger partial charge >= 0.3 is 5.97 Å². The van der Waals surface area contributed by atoms with E-state index in [0.29, 0.717) is 13.0 Å². The van der Waals surface area contributed by atoms with Gasteiger partial charge in [0, 0.05) is 19.3 Å². The van der Waals surface area contributed by atoms with Gasteiger partial charge in [0.15, 0.2) is 0 Å². The summed E-state index contributed by atoms with van der Waals surface area (Å²) in [7, 11) is 0. The Labute approximate surface area is 83.9 Å². The second kappa shape index (κ2) is 4.43. The standard InChI is InChI=1S/C8H10BrNO3/c9-7-4-6(8(12)13)5-10(7)2-1-3-11/h4-5,11H,1-3H2,(H,12,13). The molecule has 0 bridgehead atoms. The number of halogens is 1. The molecule has 13 heavy (non-hydrogen) atoms. The van der Waals surface area contributed by atoms with E-state index in [1.165, 1.54) is 0 Å². The van der Waals surface area contributed by atoms with Crippen molar-refractivity contribution in [2.75, 3.05) is 6.61 Å². The zero-order valence-corrected chi connectivity index (χ0v) is 8.49. The third-order valence-corrected chi connectivity index (χ3v) is 2.33. The van der Waals surface area contributed by atoms with Gasteiger partial charge in [0.2, 0.25) is 0 Å². The SMILES string of the molecule is O=C(O)c1cc(Br)n(CCCO)c1. The second-order valence-electron chi connectivity index (χ2n) is 2.63. The van der Waals surface area contributed by atoms with Gasteiger partial charge in [-0.05, 0) is 28.4 Å². The smallest absolute Gasteiger partial charge is 0.337 e. The monoisotopic (exact) mass is 247 g/mol. The Hall–Kier alpha value is -0.810. The molecule has 0 fully saturated rings. The summed E-state index contributed by atoms with van der Waals surface area (Å²) in [4.78, 5) is 10.6. The molecular weight excluding hydrogens is 238 g/mol. The first-order valence-corrected chi connectivity index (χ1v) is 4.64. The molecule has 5 heteroatoms. The quantitative estimate of drug-likeness (QED) is 0.844. The lowest BCUT2D eigenvalue weighted by molar-refractivity contribution is 0.0697. The number of nitrogens with zero attached hydrogens (tertiary/aromatic N) is 1. The van der Waals surface area contributed by atoms with Crippen LogP contribution in [0.2, 0.25) is 0 Å². The maximum atomic E-state index is 10.6. The van der Waals surface area contributed by atoms with E-state index in [1.54, 1.807) is 16.8 Å². The highest BCUT2D eigenvalue weighted by Crippen LogP contribution is 2.15. The first kappa shape index (κ1) is 10.3. The van der Waals surface area contributed by atoms with Crippen LogP contribution in [-0.4, -0.2) is 27.4 Å². The van der Waals surface area contributed by atoms with E-state index in [0.717, 1.165) is 4.60 Å². The lowest BCUT2D eigenvalue weighted by Crippen LogP contribution is -1.99. The molecule has 1 aromatic heterocycles. The summed E-state index contributed by atoms with van der Waals surface area (Å²) in [5.41, 5.74) is 0.254. The van der Waals surface area contributed by atoms with Gasteiger partial charge in [0.25, 0.3) is 0 Å². The number of hydrogen-bond acceptors (Lipinski definition) is 2. The van der Waals surface area contributed by atoms with Crippen LogP contribution in [0.25, 0.3) is 0 Å². The van der Waals surface area contributed by atoms with Crippen LogP contribution in [0.15, 0.2) is 16.9 Å². The predicted molar refractivity (Wildman–Crippen MR) is 50.8 cm³/mol. The third-order valence-electron chi connectivity index (χ3n) is 1.65. The molecule has 0 amide bonds. The fraction of sp³-hybridized carbons (Fsp3) is 0.375. The number of rotatable bonds is 4. The summed E-state index contributed by atoms with van der Waals surface area (Å²) in [5.74, 6) is -0.941. The van der Waals surface area contributed by atoms with Crippen LogP contribution in [0.5, 0.6) is 0 Å². The summed E-state index contributed by atoms with van der Waals surface area (Å²) < 4.78 is 2.47. The first-order valence-electron chi connectivity index (χ1n) is 3.85. The molecule has 0 atom stereocenters. The van der Waals surface area contributed by atoms with Gasteiger partial charge in [0.05, 0.1) is 10.2 Å². The van der Waals surface area contributed by atoms with Crippen LogP contribution in [0.1, 0.15) is 16.8 Å². The van der Waals surface area contributed by atoms with Crippen molar-refractivity contribution in [1.82, 2.24) is 4.57 Å². The topological polar surface area (TPSA) is 62.5 Å². The normalized spacial score (nSPS) is 10.3. The number of aromatic carboxylic acids is 1. The number of aromatic nitrogens is 1. The van der Waals surface area contributed by atoms with Crippen LogP contribution in [0.3, 0.4) is 0 Å². The molecule has 2 N–H and O–H groups in total. The first-order chi connectivity index (χ1) is 6.15. The van der Waals surface area contributed by atoms with Gasteiger partial charge < -0.3 is 14.8 Å². The molecule has 0 aliphatic rings. The maximum Gasteiger partial charge on any atom is 0.337 e. The zero-order chi connectivity index (χ0) is 9.84. The molecule has 0 radical (unpaired) electrons. The Morgan fingerprint density at radius 3 is 2.77 bits per heavy atom. The molecule has 0 aromatic carbocycles. The number of hydrogen-bond donors (Lipinski definition) is 2. The van der Waals surface area contributed by atoms with Crippen molar-refractivity contribution < 1.29 is 15.0 Å². The van der Waals surface area contributed by atoms with E-state index in [9.17, 15) is 4.79 Å². The highest BCUT2D eigenvalue weighted by molar-refractivity contribution is 9.10. The number of aliphatic hydroxyl groups excluding tert-OH is 1. The predicted octanol–water partition coefficient (Wildman–Crippen LogP) is 1.33. The van der Waals surface area contributed by atoms with Gasteiger partial charge in [-0.25, -0.2) is 4.79 Å². The molecule has 0 saturated carbocycles. The number of carboxylic acids is 1. The summed E-state index contributed by atoms with van der Waals surface area (Å²) in [6.07, 6.45) is 2.16. The summed E-state index contributed by atoms with van der Waals surface area (Å²) in [6, 6.07) is 1.54. The molecule has 72 valence electrons. The Kier molecular flexibility index (Phi) is 3.50. The van der Waals surface area contributed by atoms with E-state index in [4.69, 9.17) is 10.2 Å². The summed E-state index contributed by atoms with van der Waals surface area (Å²) in [6.45, 7) is 0.720. The van der Waals surface area contributed by atoms with Crippen LogP contribution < -0.4 is 0 Å². The Morgan fingerprint density at radius 1 is 1.62 bits per heavy atom. The minimum atomic E-state index is -0.941. The van der Waals surface area contributed by atoms with Crippen molar-refractivity contribution in [2.45, 2.75) is 13.0 Å².